The Bertz CT molecular complexity index is 98.3. The monoisotopic (exact) mass is 121 g/mol. The Balaban J connectivity index is 3.89. The Morgan fingerprint density at radius 3 is 1.75 bits per heavy atom. The molecule has 6 N–H and O–H groups in total. The smallest absolute Gasteiger partial charge is 0.276 e. The van der Waals surface area contributed by atoms with Crippen LogP contribution < -0.4 is 5.73 Å². The van der Waals surface area contributed by atoms with Crippen LogP contribution in [0.2, 0.25) is 0 Å². The molecule has 0 aliphatic rings. The van der Waals surface area contributed by atoms with Gasteiger partial charge in [-0.25, -0.2) is 0 Å². The summed E-state index contributed by atoms with van der Waals surface area (Å²) in [5, 5.41) is 32.1. The quantitative estimate of drug-likeness (QED) is 0.215. The lowest BCUT2D eigenvalue weighted by molar-refractivity contribution is -0.116. The Labute approximate surface area is 45.3 Å². The van der Waals surface area contributed by atoms with Crippen LogP contribution in [0.25, 0.3) is 0 Å². The molecule has 8 heavy (non-hydrogen) atoms. The van der Waals surface area contributed by atoms with Crippen LogP contribution in [-0.2, 0) is 0 Å². The molecule has 0 saturated heterocycles. The Hall–Kier alpha value is -0.780. The van der Waals surface area contributed by atoms with Gasteiger partial charge in [0.25, 0.3) is 5.95 Å². The van der Waals surface area contributed by atoms with Crippen molar-refractivity contribution < 1.29 is 20.4 Å². The molecule has 0 spiro atoms. The largest absolute Gasteiger partial charge is 0.481 e. The summed E-state index contributed by atoms with van der Waals surface area (Å²) in [6.07, 6.45) is 0.271. The van der Waals surface area contributed by atoms with Gasteiger partial charge in [0, 0.05) is 0 Å². The first-order valence-corrected chi connectivity index (χ1v) is 1.76. The average Bonchev–Trinajstić information content (AvgIpc) is 1.21. The molecule has 0 bridgehead atoms. The number of rotatable bonds is 1. The van der Waals surface area contributed by atoms with E-state index in [1.54, 1.807) is 0 Å². The summed E-state index contributed by atoms with van der Waals surface area (Å²) in [4.78, 5) is 0. The number of nitrogens with two attached hydrogens (primary N) is 1. The maximum absolute atomic E-state index is 8.12. The molecule has 48 valence electrons. The van der Waals surface area contributed by atoms with Gasteiger partial charge >= 0.3 is 0 Å². The zero-order valence-corrected chi connectivity index (χ0v) is 3.94. The van der Waals surface area contributed by atoms with E-state index in [2.05, 4.69) is 5.73 Å². The van der Waals surface area contributed by atoms with Crippen molar-refractivity contribution in [2.75, 3.05) is 0 Å². The number of hydrogen-bond acceptors (Lipinski definition) is 5. The first-order valence-electron chi connectivity index (χ1n) is 1.76. The fourth-order valence-electron chi connectivity index (χ4n) is 0.190. The van der Waals surface area contributed by atoms with Gasteiger partial charge in [-0.2, -0.15) is 0 Å². The van der Waals surface area contributed by atoms with E-state index in [0.29, 0.717) is 0 Å². The van der Waals surface area contributed by atoms with Crippen LogP contribution in [0.5, 0.6) is 0 Å². The minimum Gasteiger partial charge on any atom is -0.481 e. The fourth-order valence-corrected chi connectivity index (χ4v) is 0.190. The topological polar surface area (TPSA) is 107 Å². The molecule has 0 aliphatic heterocycles. The van der Waals surface area contributed by atoms with Crippen molar-refractivity contribution in [3.63, 3.8) is 0 Å². The molecule has 0 saturated carbocycles. The number of aliphatic hydroxyl groups excluding tert-OH is 1. The second kappa shape index (κ2) is 1.99. The van der Waals surface area contributed by atoms with Crippen molar-refractivity contribution in [3.8, 4) is 0 Å². The van der Waals surface area contributed by atoms with Gasteiger partial charge in [-0.1, -0.05) is 0 Å². The van der Waals surface area contributed by atoms with Gasteiger partial charge < -0.3 is 20.4 Å². The molecule has 0 aliphatic carbocycles. The van der Waals surface area contributed by atoms with E-state index >= 15 is 0 Å². The number of hydrogen-bond donors (Lipinski definition) is 5. The second-order valence-corrected chi connectivity index (χ2v) is 1.29. The van der Waals surface area contributed by atoms with E-state index < -0.39 is 11.9 Å². The van der Waals surface area contributed by atoms with Crippen molar-refractivity contribution in [3.05, 3.63) is 12.0 Å². The highest BCUT2D eigenvalue weighted by Gasteiger charge is 2.12. The highest BCUT2D eigenvalue weighted by atomic mass is 16.5. The molecular formula is C3H7NO4. The van der Waals surface area contributed by atoms with Gasteiger partial charge in [-0.15, -0.1) is 0 Å². The summed E-state index contributed by atoms with van der Waals surface area (Å²) >= 11 is 0. The third-order valence-electron chi connectivity index (χ3n) is 0.342. The minimum atomic E-state index is -2.64. The lowest BCUT2D eigenvalue weighted by atomic mass is 10.5. The lowest BCUT2D eigenvalue weighted by Gasteiger charge is -2.07. The summed E-state index contributed by atoms with van der Waals surface area (Å²) < 4.78 is 0. The first-order chi connectivity index (χ1) is 3.42. The summed E-state index contributed by atoms with van der Waals surface area (Å²) in [6.45, 7) is 0. The highest BCUT2D eigenvalue weighted by Crippen LogP contribution is 1.91. The van der Waals surface area contributed by atoms with Crippen LogP contribution >= 0.6 is 0 Å². The molecule has 0 amide bonds. The standard InChI is InChI=1S/C3H7NO4/c4-3(7,8)1-2(5)6/h1,5-8H,4H2. The molecule has 0 fully saturated rings. The van der Waals surface area contributed by atoms with Gasteiger partial charge in [-0.05, 0) is 0 Å². The van der Waals surface area contributed by atoms with Crippen molar-refractivity contribution in [2.24, 2.45) is 5.73 Å². The minimum absolute atomic E-state index is 0.271. The van der Waals surface area contributed by atoms with E-state index in [0.717, 1.165) is 0 Å². The molecule has 0 unspecified atom stereocenters. The van der Waals surface area contributed by atoms with Gasteiger partial charge in [0.1, 0.15) is 0 Å². The summed E-state index contributed by atoms with van der Waals surface area (Å²) in [6, 6.07) is 0. The van der Waals surface area contributed by atoms with E-state index in [4.69, 9.17) is 20.4 Å². The molecular weight excluding hydrogens is 114 g/mol. The third kappa shape index (κ3) is 5.22. The van der Waals surface area contributed by atoms with Gasteiger partial charge in [0.2, 0.25) is 5.91 Å². The van der Waals surface area contributed by atoms with Crippen LogP contribution in [0.1, 0.15) is 0 Å². The predicted octanol–water partition coefficient (Wildman–Crippen LogP) is -1.46. The molecule has 0 atom stereocenters. The normalized spacial score (nSPS) is 10.9. The molecule has 0 aromatic carbocycles. The van der Waals surface area contributed by atoms with Crippen molar-refractivity contribution in [1.82, 2.24) is 0 Å². The van der Waals surface area contributed by atoms with Gasteiger partial charge in [0.15, 0.2) is 0 Å². The Morgan fingerprint density at radius 1 is 1.38 bits per heavy atom. The Morgan fingerprint density at radius 2 is 1.75 bits per heavy atom. The lowest BCUT2D eigenvalue weighted by Crippen LogP contribution is -2.36. The Kier molecular flexibility index (Phi) is 1.80. The summed E-state index contributed by atoms with van der Waals surface area (Å²) in [5.41, 5.74) is 4.45. The van der Waals surface area contributed by atoms with Crippen molar-refractivity contribution in [2.45, 2.75) is 5.91 Å². The second-order valence-electron chi connectivity index (χ2n) is 1.29. The molecule has 0 heterocycles. The average molecular weight is 121 g/mol. The van der Waals surface area contributed by atoms with Crippen LogP contribution in [0, 0.1) is 0 Å². The van der Waals surface area contributed by atoms with Crippen molar-refractivity contribution >= 4 is 0 Å². The van der Waals surface area contributed by atoms with E-state index in [1.807, 2.05) is 0 Å². The van der Waals surface area contributed by atoms with Crippen LogP contribution in [-0.4, -0.2) is 26.3 Å². The van der Waals surface area contributed by atoms with Crippen LogP contribution in [0.15, 0.2) is 12.0 Å². The molecule has 0 aromatic rings. The van der Waals surface area contributed by atoms with E-state index in [9.17, 15) is 0 Å². The maximum atomic E-state index is 8.12. The zero-order valence-electron chi connectivity index (χ0n) is 3.94. The van der Waals surface area contributed by atoms with Gasteiger partial charge in [0.05, 0.1) is 6.08 Å². The van der Waals surface area contributed by atoms with Gasteiger partial charge in [-0.3, -0.25) is 5.73 Å². The van der Waals surface area contributed by atoms with Crippen LogP contribution in [0.3, 0.4) is 0 Å². The highest BCUT2D eigenvalue weighted by molar-refractivity contribution is 4.88. The molecule has 0 aromatic heterocycles. The molecule has 0 radical (unpaired) electrons. The molecule has 5 heteroatoms. The SMILES string of the molecule is NC(O)(O)C=C(O)O. The fraction of sp³-hybridized carbons (Fsp3) is 0.333. The zero-order chi connectivity index (χ0) is 6.78. The predicted molar refractivity (Wildman–Crippen MR) is 24.7 cm³/mol. The van der Waals surface area contributed by atoms with E-state index in [1.165, 1.54) is 0 Å². The molecule has 5 nitrogen and oxygen atoms in total. The van der Waals surface area contributed by atoms with Crippen LogP contribution in [0.4, 0.5) is 0 Å². The first kappa shape index (κ1) is 7.22. The number of aliphatic hydroxyl groups is 4. The molecule has 0 rings (SSSR count). The third-order valence-corrected chi connectivity index (χ3v) is 0.342. The van der Waals surface area contributed by atoms with Crippen molar-refractivity contribution in [1.29, 1.82) is 0 Å². The maximum Gasteiger partial charge on any atom is 0.276 e. The summed E-state index contributed by atoms with van der Waals surface area (Å²) in [5.74, 6) is -3.86. The van der Waals surface area contributed by atoms with E-state index in [-0.39, 0.29) is 6.08 Å². The summed E-state index contributed by atoms with van der Waals surface area (Å²) in [7, 11) is 0.